The molecule has 1 aromatic rings. The highest BCUT2D eigenvalue weighted by molar-refractivity contribution is 5.96. The van der Waals surface area contributed by atoms with Crippen molar-refractivity contribution in [2.75, 3.05) is 33.9 Å². The van der Waals surface area contributed by atoms with Crippen molar-refractivity contribution in [3.63, 3.8) is 0 Å². The number of esters is 1. The normalized spacial score (nSPS) is 15.1. The first-order chi connectivity index (χ1) is 11.5. The van der Waals surface area contributed by atoms with Crippen LogP contribution in [0, 0.1) is 12.8 Å². The lowest BCUT2D eigenvalue weighted by molar-refractivity contribution is -0.149. The summed E-state index contributed by atoms with van der Waals surface area (Å²) in [5.74, 6) is 0.823. The summed E-state index contributed by atoms with van der Waals surface area (Å²) >= 11 is 0. The molecule has 0 radical (unpaired) electrons. The summed E-state index contributed by atoms with van der Waals surface area (Å²) in [5.41, 5.74) is 1.44. The third kappa shape index (κ3) is 3.80. The molecule has 6 heteroatoms. The number of ether oxygens (including phenoxy) is 3. The Morgan fingerprint density at radius 1 is 1.12 bits per heavy atom. The van der Waals surface area contributed by atoms with Crippen LogP contribution in [0.4, 0.5) is 0 Å². The van der Waals surface area contributed by atoms with Gasteiger partial charge in [-0.3, -0.25) is 9.59 Å². The molecule has 1 fully saturated rings. The maximum absolute atomic E-state index is 12.8. The molecular weight excluding hydrogens is 310 g/mol. The predicted molar refractivity (Wildman–Crippen MR) is 89.5 cm³/mol. The SMILES string of the molecule is CCOC(=O)C1CCN(C(=O)c2cc(OC)c(OC)cc2C)CC1. The van der Waals surface area contributed by atoms with Crippen LogP contribution >= 0.6 is 0 Å². The van der Waals surface area contributed by atoms with E-state index in [2.05, 4.69) is 0 Å². The van der Waals surface area contributed by atoms with E-state index in [9.17, 15) is 9.59 Å². The standard InChI is InChI=1S/C18H25NO5/c1-5-24-18(21)13-6-8-19(9-7-13)17(20)14-11-16(23-4)15(22-3)10-12(14)2/h10-11,13H,5-9H2,1-4H3. The van der Waals surface area contributed by atoms with Crippen molar-refractivity contribution < 1.29 is 23.8 Å². The number of methoxy groups -OCH3 is 2. The highest BCUT2D eigenvalue weighted by Gasteiger charge is 2.29. The summed E-state index contributed by atoms with van der Waals surface area (Å²) in [4.78, 5) is 26.4. The second-order valence-electron chi connectivity index (χ2n) is 5.84. The van der Waals surface area contributed by atoms with Gasteiger partial charge in [-0.15, -0.1) is 0 Å². The van der Waals surface area contributed by atoms with E-state index in [1.165, 1.54) is 0 Å². The van der Waals surface area contributed by atoms with Crippen LogP contribution in [-0.2, 0) is 9.53 Å². The Balaban J connectivity index is 2.09. The largest absolute Gasteiger partial charge is 0.493 e. The molecular formula is C18H25NO5. The Morgan fingerprint density at radius 3 is 2.25 bits per heavy atom. The molecule has 0 unspecified atom stereocenters. The lowest BCUT2D eigenvalue weighted by Crippen LogP contribution is -2.40. The summed E-state index contributed by atoms with van der Waals surface area (Å²) in [6.45, 7) is 5.17. The van der Waals surface area contributed by atoms with Gasteiger partial charge in [0.2, 0.25) is 0 Å². The zero-order chi connectivity index (χ0) is 17.7. The molecule has 0 atom stereocenters. The van der Waals surface area contributed by atoms with E-state index in [0.717, 1.165) is 5.56 Å². The van der Waals surface area contributed by atoms with E-state index in [0.29, 0.717) is 49.6 Å². The Labute approximate surface area is 142 Å². The Hall–Kier alpha value is -2.24. The number of aryl methyl sites for hydroxylation is 1. The zero-order valence-electron chi connectivity index (χ0n) is 14.8. The molecule has 0 aliphatic carbocycles. The lowest BCUT2D eigenvalue weighted by Gasteiger charge is -2.31. The molecule has 0 spiro atoms. The van der Waals surface area contributed by atoms with E-state index in [1.54, 1.807) is 38.2 Å². The van der Waals surface area contributed by atoms with Crippen molar-refractivity contribution in [3.05, 3.63) is 23.3 Å². The van der Waals surface area contributed by atoms with E-state index >= 15 is 0 Å². The van der Waals surface area contributed by atoms with Gasteiger partial charge in [-0.1, -0.05) is 0 Å². The van der Waals surface area contributed by atoms with Gasteiger partial charge in [-0.25, -0.2) is 0 Å². The Bertz CT molecular complexity index is 606. The van der Waals surface area contributed by atoms with Crippen molar-refractivity contribution in [1.29, 1.82) is 0 Å². The van der Waals surface area contributed by atoms with Gasteiger partial charge >= 0.3 is 5.97 Å². The van der Waals surface area contributed by atoms with Gasteiger partial charge in [0.25, 0.3) is 5.91 Å². The minimum Gasteiger partial charge on any atom is -0.493 e. The smallest absolute Gasteiger partial charge is 0.309 e. The van der Waals surface area contributed by atoms with Crippen LogP contribution in [0.2, 0.25) is 0 Å². The summed E-state index contributed by atoms with van der Waals surface area (Å²) in [7, 11) is 3.12. The molecule has 1 saturated heterocycles. The van der Waals surface area contributed by atoms with E-state index in [-0.39, 0.29) is 17.8 Å². The molecule has 0 saturated carbocycles. The first-order valence-electron chi connectivity index (χ1n) is 8.20. The monoisotopic (exact) mass is 335 g/mol. The van der Waals surface area contributed by atoms with Crippen LogP contribution in [0.15, 0.2) is 12.1 Å². The maximum atomic E-state index is 12.8. The lowest BCUT2D eigenvalue weighted by atomic mass is 9.96. The van der Waals surface area contributed by atoms with Gasteiger partial charge < -0.3 is 19.1 Å². The Kier molecular flexibility index (Phi) is 6.06. The fourth-order valence-corrected chi connectivity index (χ4v) is 2.96. The molecule has 1 heterocycles. The second-order valence-corrected chi connectivity index (χ2v) is 5.84. The van der Waals surface area contributed by atoms with E-state index in [1.807, 2.05) is 6.92 Å². The minimum atomic E-state index is -0.160. The molecule has 0 aromatic heterocycles. The van der Waals surface area contributed by atoms with Crippen LogP contribution in [0.25, 0.3) is 0 Å². The number of likely N-dealkylation sites (tertiary alicyclic amines) is 1. The van der Waals surface area contributed by atoms with E-state index < -0.39 is 0 Å². The molecule has 0 N–H and O–H groups in total. The molecule has 1 aromatic carbocycles. The first kappa shape index (κ1) is 18.1. The number of hydrogen-bond acceptors (Lipinski definition) is 5. The highest BCUT2D eigenvalue weighted by Crippen LogP contribution is 2.31. The second kappa shape index (κ2) is 8.04. The van der Waals surface area contributed by atoms with Gasteiger partial charge in [0, 0.05) is 18.7 Å². The van der Waals surface area contributed by atoms with Crippen LogP contribution in [0.5, 0.6) is 11.5 Å². The highest BCUT2D eigenvalue weighted by atomic mass is 16.5. The van der Waals surface area contributed by atoms with Crippen LogP contribution < -0.4 is 9.47 Å². The number of benzene rings is 1. The van der Waals surface area contributed by atoms with Crippen molar-refractivity contribution in [3.8, 4) is 11.5 Å². The van der Waals surface area contributed by atoms with Gasteiger partial charge in [0.15, 0.2) is 11.5 Å². The number of piperidine rings is 1. The summed E-state index contributed by atoms with van der Waals surface area (Å²) in [6, 6.07) is 3.52. The zero-order valence-corrected chi connectivity index (χ0v) is 14.8. The fourth-order valence-electron chi connectivity index (χ4n) is 2.96. The van der Waals surface area contributed by atoms with Crippen LogP contribution in [0.1, 0.15) is 35.7 Å². The number of nitrogens with zero attached hydrogens (tertiary/aromatic N) is 1. The third-order valence-corrected chi connectivity index (χ3v) is 4.36. The van der Waals surface area contributed by atoms with E-state index in [4.69, 9.17) is 14.2 Å². The van der Waals surface area contributed by atoms with Crippen molar-refractivity contribution in [1.82, 2.24) is 4.90 Å². The summed E-state index contributed by atoms with van der Waals surface area (Å²) in [6.07, 6.45) is 1.27. The topological polar surface area (TPSA) is 65.1 Å². The van der Waals surface area contributed by atoms with Gasteiger partial charge in [-0.2, -0.15) is 0 Å². The van der Waals surface area contributed by atoms with Crippen molar-refractivity contribution >= 4 is 11.9 Å². The maximum Gasteiger partial charge on any atom is 0.309 e. The average molecular weight is 335 g/mol. The molecule has 24 heavy (non-hydrogen) atoms. The van der Waals surface area contributed by atoms with Crippen molar-refractivity contribution in [2.24, 2.45) is 5.92 Å². The van der Waals surface area contributed by atoms with Crippen LogP contribution in [0.3, 0.4) is 0 Å². The number of rotatable bonds is 5. The molecule has 1 amide bonds. The first-order valence-corrected chi connectivity index (χ1v) is 8.20. The number of amides is 1. The van der Waals surface area contributed by atoms with Gasteiger partial charge in [0.05, 0.1) is 26.7 Å². The minimum absolute atomic E-state index is 0.0456. The quantitative estimate of drug-likeness (QED) is 0.773. The molecule has 0 bridgehead atoms. The molecule has 2 rings (SSSR count). The van der Waals surface area contributed by atoms with Crippen LogP contribution in [-0.4, -0.2) is 50.7 Å². The number of hydrogen-bond donors (Lipinski definition) is 0. The average Bonchev–Trinajstić information content (AvgIpc) is 2.61. The molecule has 1 aliphatic rings. The molecule has 6 nitrogen and oxygen atoms in total. The summed E-state index contributed by atoms with van der Waals surface area (Å²) in [5, 5.41) is 0. The van der Waals surface area contributed by atoms with Crippen molar-refractivity contribution in [2.45, 2.75) is 26.7 Å². The fraction of sp³-hybridized carbons (Fsp3) is 0.556. The molecule has 132 valence electrons. The number of carbonyl (C=O) groups excluding carboxylic acids is 2. The predicted octanol–water partition coefficient (Wildman–Crippen LogP) is 2.43. The Morgan fingerprint density at radius 2 is 1.71 bits per heavy atom. The van der Waals surface area contributed by atoms with Gasteiger partial charge in [-0.05, 0) is 44.4 Å². The summed E-state index contributed by atoms with van der Waals surface area (Å²) < 4.78 is 15.6. The number of carbonyl (C=O) groups is 2. The van der Waals surface area contributed by atoms with Gasteiger partial charge in [0.1, 0.15) is 0 Å². The molecule has 1 aliphatic heterocycles. The third-order valence-electron chi connectivity index (χ3n) is 4.36.